The van der Waals surface area contributed by atoms with Gasteiger partial charge in [0.1, 0.15) is 0 Å². The van der Waals surface area contributed by atoms with Crippen molar-refractivity contribution in [2.24, 2.45) is 5.92 Å². The first-order valence-corrected chi connectivity index (χ1v) is 9.74. The molecule has 0 amide bonds. The first kappa shape index (κ1) is 18.6. The predicted octanol–water partition coefficient (Wildman–Crippen LogP) is 2.44. The molecule has 6 heteroatoms. The van der Waals surface area contributed by atoms with Gasteiger partial charge in [0.05, 0.1) is 0 Å². The van der Waals surface area contributed by atoms with Crippen molar-refractivity contribution in [2.75, 3.05) is 13.1 Å². The number of benzene rings is 1. The van der Waals surface area contributed by atoms with Gasteiger partial charge < -0.3 is 15.0 Å². The number of carbonyl (C=O) groups excluding carboxylic acids is 1. The Morgan fingerprint density at radius 3 is 2.68 bits per heavy atom. The second-order valence-electron chi connectivity index (χ2n) is 7.89. The highest BCUT2D eigenvalue weighted by molar-refractivity contribution is 6.00. The monoisotopic (exact) mass is 380 g/mol. The molecule has 2 N–H and O–H groups in total. The Kier molecular flexibility index (Phi) is 4.89. The van der Waals surface area contributed by atoms with E-state index >= 15 is 0 Å². The van der Waals surface area contributed by atoms with Gasteiger partial charge in [0.2, 0.25) is 0 Å². The molecule has 5 rings (SSSR count). The van der Waals surface area contributed by atoms with Crippen molar-refractivity contribution in [3.63, 3.8) is 0 Å². The van der Waals surface area contributed by atoms with E-state index in [4.69, 9.17) is 9.90 Å². The molecule has 1 fully saturated rings. The zero-order valence-electron chi connectivity index (χ0n) is 15.9. The number of piperidine rings is 1. The molecule has 0 unspecified atom stereocenters. The molecule has 1 saturated heterocycles. The van der Waals surface area contributed by atoms with Crippen LogP contribution in [0.1, 0.15) is 47.3 Å². The van der Waals surface area contributed by atoms with Crippen LogP contribution in [0.25, 0.3) is 11.1 Å². The molecule has 2 bridgehead atoms. The first-order chi connectivity index (χ1) is 13.4. The zero-order chi connectivity index (χ0) is 19.8. The van der Waals surface area contributed by atoms with E-state index in [1.807, 2.05) is 16.7 Å². The molecule has 1 aromatic heterocycles. The van der Waals surface area contributed by atoms with Gasteiger partial charge in [-0.1, -0.05) is 18.2 Å². The summed E-state index contributed by atoms with van der Waals surface area (Å²) in [4.78, 5) is 33.5. The van der Waals surface area contributed by atoms with E-state index in [2.05, 4.69) is 17.4 Å². The molecule has 1 aliphatic carbocycles. The maximum atomic E-state index is 12.7. The third-order valence-electron chi connectivity index (χ3n) is 5.82. The Labute approximate surface area is 163 Å². The standard InChI is InChI=1S/C20H20N2O2.C2H4O2/c23-19-4-2-14-6-13(1-3-17(14)19)15-7-18-16-5-12(9-21-10-16)11-22(18)20(24)8-15;1-2(3)4/h1,3,6-8,12,16,21H,2,4-5,9-11H2;1H3,(H,3,4)/t12-,16+;/m0./s1. The van der Waals surface area contributed by atoms with Crippen LogP contribution in [0, 0.1) is 5.92 Å². The lowest BCUT2D eigenvalue weighted by molar-refractivity contribution is -0.134. The highest BCUT2D eigenvalue weighted by atomic mass is 16.4. The molecule has 1 aromatic carbocycles. The van der Waals surface area contributed by atoms with Crippen LogP contribution < -0.4 is 10.9 Å². The number of nitrogens with one attached hydrogen (secondary N) is 1. The number of carboxylic acid groups (broad SMARTS) is 1. The minimum absolute atomic E-state index is 0.107. The first-order valence-electron chi connectivity index (χ1n) is 9.74. The van der Waals surface area contributed by atoms with Crippen LogP contribution in [0.3, 0.4) is 0 Å². The molecular formula is C22H24N2O4. The Bertz CT molecular complexity index is 1000. The number of carbonyl (C=O) groups is 2. The van der Waals surface area contributed by atoms with E-state index in [1.165, 1.54) is 6.42 Å². The summed E-state index contributed by atoms with van der Waals surface area (Å²) < 4.78 is 1.97. The van der Waals surface area contributed by atoms with Gasteiger partial charge in [0.25, 0.3) is 11.5 Å². The summed E-state index contributed by atoms with van der Waals surface area (Å²) >= 11 is 0. The third kappa shape index (κ3) is 3.52. The number of ketones is 1. The van der Waals surface area contributed by atoms with Gasteiger partial charge >= 0.3 is 0 Å². The fourth-order valence-corrected chi connectivity index (χ4v) is 4.61. The van der Waals surface area contributed by atoms with Crippen LogP contribution in [-0.2, 0) is 17.8 Å². The number of hydrogen-bond donors (Lipinski definition) is 2. The SMILES string of the molecule is CC(=O)O.O=C1CCc2cc(-c3cc4n(c(=O)c3)C[C@@H]3CNC[C@H]4C3)ccc21. The van der Waals surface area contributed by atoms with Crippen LogP contribution in [0.15, 0.2) is 35.1 Å². The zero-order valence-corrected chi connectivity index (χ0v) is 15.9. The van der Waals surface area contributed by atoms with Gasteiger partial charge in [-0.2, -0.15) is 0 Å². The summed E-state index contributed by atoms with van der Waals surface area (Å²) in [6, 6.07) is 9.95. The van der Waals surface area contributed by atoms with Gasteiger partial charge in [-0.3, -0.25) is 14.4 Å². The maximum absolute atomic E-state index is 12.7. The van der Waals surface area contributed by atoms with Crippen molar-refractivity contribution >= 4 is 11.8 Å². The van der Waals surface area contributed by atoms with Crippen molar-refractivity contribution < 1.29 is 14.7 Å². The number of fused-ring (bicyclic) bond motifs is 5. The topological polar surface area (TPSA) is 88.4 Å². The molecule has 6 nitrogen and oxygen atoms in total. The Morgan fingerprint density at radius 2 is 1.89 bits per heavy atom. The molecular weight excluding hydrogens is 356 g/mol. The molecule has 2 aromatic rings. The Morgan fingerprint density at radius 1 is 1.11 bits per heavy atom. The van der Waals surface area contributed by atoms with Gasteiger partial charge in [-0.15, -0.1) is 0 Å². The quantitative estimate of drug-likeness (QED) is 0.793. The van der Waals surface area contributed by atoms with Crippen molar-refractivity contribution in [3.8, 4) is 11.1 Å². The van der Waals surface area contributed by atoms with Crippen molar-refractivity contribution in [1.29, 1.82) is 0 Å². The number of pyridine rings is 1. The molecule has 3 heterocycles. The van der Waals surface area contributed by atoms with Gasteiger partial charge in [0, 0.05) is 49.7 Å². The lowest BCUT2D eigenvalue weighted by Gasteiger charge is -2.37. The van der Waals surface area contributed by atoms with Crippen LogP contribution >= 0.6 is 0 Å². The van der Waals surface area contributed by atoms with E-state index < -0.39 is 5.97 Å². The van der Waals surface area contributed by atoms with Crippen LogP contribution in [0.2, 0.25) is 0 Å². The second-order valence-corrected chi connectivity index (χ2v) is 7.89. The Balaban J connectivity index is 0.000000442. The van der Waals surface area contributed by atoms with E-state index in [-0.39, 0.29) is 11.3 Å². The minimum atomic E-state index is -0.833. The highest BCUT2D eigenvalue weighted by Gasteiger charge is 2.31. The van der Waals surface area contributed by atoms with Crippen LogP contribution in [0.4, 0.5) is 0 Å². The molecule has 0 radical (unpaired) electrons. The van der Waals surface area contributed by atoms with E-state index in [9.17, 15) is 9.59 Å². The lowest BCUT2D eigenvalue weighted by atomic mass is 9.83. The summed E-state index contributed by atoms with van der Waals surface area (Å²) in [5.74, 6) is 0.411. The predicted molar refractivity (Wildman–Crippen MR) is 106 cm³/mol. The molecule has 146 valence electrons. The number of rotatable bonds is 1. The van der Waals surface area contributed by atoms with E-state index in [1.54, 1.807) is 6.07 Å². The normalized spacial score (nSPS) is 22.0. The number of aliphatic carboxylic acids is 1. The van der Waals surface area contributed by atoms with Gasteiger partial charge in [0.15, 0.2) is 5.78 Å². The minimum Gasteiger partial charge on any atom is -0.481 e. The molecule has 0 saturated carbocycles. The average Bonchev–Trinajstić information content (AvgIpc) is 3.03. The van der Waals surface area contributed by atoms with Crippen molar-refractivity contribution in [1.82, 2.24) is 9.88 Å². The van der Waals surface area contributed by atoms with Crippen LogP contribution in [-0.4, -0.2) is 34.5 Å². The van der Waals surface area contributed by atoms with Gasteiger partial charge in [-0.25, -0.2) is 0 Å². The molecule has 2 atom stereocenters. The second kappa shape index (κ2) is 7.36. The molecule has 2 aliphatic heterocycles. The summed E-state index contributed by atoms with van der Waals surface area (Å²) in [6.07, 6.45) is 2.61. The van der Waals surface area contributed by atoms with Crippen molar-refractivity contribution in [2.45, 2.75) is 38.6 Å². The van der Waals surface area contributed by atoms with Crippen molar-refractivity contribution in [3.05, 3.63) is 57.5 Å². The average molecular weight is 380 g/mol. The number of nitrogens with zero attached hydrogens (tertiary/aromatic N) is 1. The molecule has 28 heavy (non-hydrogen) atoms. The van der Waals surface area contributed by atoms with Gasteiger partial charge in [-0.05, 0) is 48.1 Å². The fraction of sp³-hybridized carbons (Fsp3) is 0.409. The number of hydrogen-bond acceptors (Lipinski definition) is 4. The summed E-state index contributed by atoms with van der Waals surface area (Å²) in [5.41, 5.74) is 5.28. The fourth-order valence-electron chi connectivity index (χ4n) is 4.61. The number of aromatic nitrogens is 1. The third-order valence-corrected chi connectivity index (χ3v) is 5.82. The number of Topliss-reactive ketones (excluding diaryl/α,β-unsaturated/α-hetero) is 1. The Hall–Kier alpha value is -2.73. The summed E-state index contributed by atoms with van der Waals surface area (Å²) in [7, 11) is 0. The maximum Gasteiger partial charge on any atom is 0.300 e. The molecule has 0 spiro atoms. The smallest absolute Gasteiger partial charge is 0.300 e. The largest absolute Gasteiger partial charge is 0.481 e. The van der Waals surface area contributed by atoms with E-state index in [0.717, 1.165) is 60.9 Å². The summed E-state index contributed by atoms with van der Waals surface area (Å²) in [5, 5.41) is 10.9. The molecule has 3 aliphatic rings. The van der Waals surface area contributed by atoms with E-state index in [0.29, 0.717) is 18.3 Å². The highest BCUT2D eigenvalue weighted by Crippen LogP contribution is 2.34. The summed E-state index contributed by atoms with van der Waals surface area (Å²) in [6.45, 7) is 3.89. The lowest BCUT2D eigenvalue weighted by Crippen LogP contribution is -2.44. The number of aryl methyl sites for hydroxylation is 1. The number of carboxylic acids is 1. The van der Waals surface area contributed by atoms with Crippen LogP contribution in [0.5, 0.6) is 0 Å².